The molecule has 0 amide bonds. The molecule has 18 heavy (non-hydrogen) atoms. The number of likely N-dealkylation sites (tertiary alicyclic amines) is 1. The van der Waals surface area contributed by atoms with E-state index in [2.05, 4.69) is 30.0 Å². The predicted molar refractivity (Wildman–Crippen MR) is 84.1 cm³/mol. The minimum absolute atomic E-state index is 0. The lowest BCUT2D eigenvalue weighted by Crippen LogP contribution is -2.34. The van der Waals surface area contributed by atoms with Gasteiger partial charge in [0.05, 0.1) is 0 Å². The normalized spacial score (nSPS) is 19.7. The molecule has 4 heteroatoms. The van der Waals surface area contributed by atoms with Gasteiger partial charge in [0.25, 0.3) is 0 Å². The van der Waals surface area contributed by atoms with Crippen molar-refractivity contribution in [2.24, 2.45) is 0 Å². The van der Waals surface area contributed by atoms with Crippen LogP contribution >= 0.6 is 24.8 Å². The summed E-state index contributed by atoms with van der Waals surface area (Å²) in [6.45, 7) is 5.97. The molecular formula is C14H24Cl2N2. The number of piperidine rings is 1. The molecule has 2 rings (SSSR count). The molecule has 0 radical (unpaired) electrons. The Labute approximate surface area is 123 Å². The number of hydrogen-bond donors (Lipinski definition) is 1. The van der Waals surface area contributed by atoms with Gasteiger partial charge < -0.3 is 10.6 Å². The van der Waals surface area contributed by atoms with Gasteiger partial charge in [-0.25, -0.2) is 0 Å². The van der Waals surface area contributed by atoms with Crippen LogP contribution in [0.25, 0.3) is 0 Å². The first-order valence-electron chi connectivity index (χ1n) is 6.37. The first-order valence-corrected chi connectivity index (χ1v) is 6.37. The highest BCUT2D eigenvalue weighted by molar-refractivity contribution is 5.85. The largest absolute Gasteiger partial charge is 0.399 e. The highest BCUT2D eigenvalue weighted by Crippen LogP contribution is 2.27. The molecule has 1 aliphatic heterocycles. The van der Waals surface area contributed by atoms with Crippen LogP contribution in [-0.2, 0) is 0 Å². The summed E-state index contributed by atoms with van der Waals surface area (Å²) in [4.78, 5) is 2.58. The summed E-state index contributed by atoms with van der Waals surface area (Å²) in [6.07, 6.45) is 3.88. The monoisotopic (exact) mass is 290 g/mol. The van der Waals surface area contributed by atoms with Crippen LogP contribution in [0.4, 0.5) is 5.69 Å². The van der Waals surface area contributed by atoms with Gasteiger partial charge in [-0.3, -0.25) is 0 Å². The molecule has 0 saturated carbocycles. The molecule has 1 aromatic carbocycles. The first kappa shape index (κ1) is 17.6. The van der Waals surface area contributed by atoms with E-state index in [4.69, 9.17) is 5.73 Å². The molecule has 2 nitrogen and oxygen atoms in total. The van der Waals surface area contributed by atoms with E-state index in [1.807, 2.05) is 6.07 Å². The van der Waals surface area contributed by atoms with Gasteiger partial charge in [0.15, 0.2) is 0 Å². The second-order valence-corrected chi connectivity index (χ2v) is 4.81. The Morgan fingerprint density at radius 2 is 2.11 bits per heavy atom. The van der Waals surface area contributed by atoms with Crippen molar-refractivity contribution in [3.63, 3.8) is 0 Å². The fourth-order valence-corrected chi connectivity index (χ4v) is 2.66. The number of nitrogens with zero attached hydrogens (tertiary/aromatic N) is 1. The summed E-state index contributed by atoms with van der Waals surface area (Å²) in [5.74, 6) is 0.684. The molecule has 0 aromatic heterocycles. The lowest BCUT2D eigenvalue weighted by Gasteiger charge is -2.32. The zero-order chi connectivity index (χ0) is 11.4. The molecule has 1 heterocycles. The summed E-state index contributed by atoms with van der Waals surface area (Å²) in [7, 11) is 0. The number of anilines is 1. The molecular weight excluding hydrogens is 267 g/mol. The van der Waals surface area contributed by atoms with Gasteiger partial charge in [0.1, 0.15) is 0 Å². The molecule has 104 valence electrons. The third-order valence-corrected chi connectivity index (χ3v) is 3.43. The highest BCUT2D eigenvalue weighted by Gasteiger charge is 2.20. The zero-order valence-electron chi connectivity index (χ0n) is 11.0. The van der Waals surface area contributed by atoms with E-state index in [0.717, 1.165) is 5.69 Å². The SMILES string of the molecule is CCCN1CCC[C@@H](c2cccc(N)c2)C1.Cl.Cl. The van der Waals surface area contributed by atoms with Crippen molar-refractivity contribution >= 4 is 30.5 Å². The third-order valence-electron chi connectivity index (χ3n) is 3.43. The van der Waals surface area contributed by atoms with E-state index >= 15 is 0 Å². The number of benzene rings is 1. The Bertz CT molecular complexity index is 342. The molecule has 0 aliphatic carbocycles. The smallest absolute Gasteiger partial charge is 0.0316 e. The van der Waals surface area contributed by atoms with Crippen molar-refractivity contribution in [1.29, 1.82) is 0 Å². The van der Waals surface area contributed by atoms with Crippen LogP contribution in [0.3, 0.4) is 0 Å². The van der Waals surface area contributed by atoms with E-state index in [1.54, 1.807) is 0 Å². The zero-order valence-corrected chi connectivity index (χ0v) is 12.6. The van der Waals surface area contributed by atoms with Crippen LogP contribution in [0, 0.1) is 0 Å². The summed E-state index contributed by atoms with van der Waals surface area (Å²) < 4.78 is 0. The average Bonchev–Trinajstić information content (AvgIpc) is 2.30. The minimum atomic E-state index is 0. The van der Waals surface area contributed by atoms with Gasteiger partial charge >= 0.3 is 0 Å². The molecule has 1 saturated heterocycles. The van der Waals surface area contributed by atoms with Gasteiger partial charge in [-0.15, -0.1) is 24.8 Å². The van der Waals surface area contributed by atoms with Crippen LogP contribution in [0.1, 0.15) is 37.7 Å². The Kier molecular flexibility index (Phi) is 8.41. The Balaban J connectivity index is 0.00000144. The summed E-state index contributed by atoms with van der Waals surface area (Å²) in [5.41, 5.74) is 8.16. The average molecular weight is 291 g/mol. The Morgan fingerprint density at radius 1 is 1.33 bits per heavy atom. The van der Waals surface area contributed by atoms with Crippen molar-refractivity contribution in [1.82, 2.24) is 4.90 Å². The quantitative estimate of drug-likeness (QED) is 0.860. The van der Waals surface area contributed by atoms with Gasteiger partial charge in [0.2, 0.25) is 0 Å². The maximum Gasteiger partial charge on any atom is 0.0316 e. The van der Waals surface area contributed by atoms with Gasteiger partial charge in [0, 0.05) is 12.2 Å². The van der Waals surface area contributed by atoms with Crippen LogP contribution in [0.2, 0.25) is 0 Å². The lowest BCUT2D eigenvalue weighted by atomic mass is 9.90. The van der Waals surface area contributed by atoms with Gasteiger partial charge in [-0.2, -0.15) is 0 Å². The second kappa shape index (κ2) is 8.63. The van der Waals surface area contributed by atoms with E-state index in [1.165, 1.54) is 44.5 Å². The molecule has 0 unspecified atom stereocenters. The topological polar surface area (TPSA) is 29.3 Å². The van der Waals surface area contributed by atoms with Crippen molar-refractivity contribution < 1.29 is 0 Å². The highest BCUT2D eigenvalue weighted by atomic mass is 35.5. The van der Waals surface area contributed by atoms with Crippen molar-refractivity contribution in [2.45, 2.75) is 32.1 Å². The molecule has 1 aromatic rings. The van der Waals surface area contributed by atoms with Gasteiger partial charge in [-0.1, -0.05) is 19.1 Å². The number of hydrogen-bond acceptors (Lipinski definition) is 2. The predicted octanol–water partition coefficient (Wildman–Crippen LogP) is 3.70. The fraction of sp³-hybridized carbons (Fsp3) is 0.571. The fourth-order valence-electron chi connectivity index (χ4n) is 2.66. The van der Waals surface area contributed by atoms with E-state index < -0.39 is 0 Å². The third kappa shape index (κ3) is 4.68. The van der Waals surface area contributed by atoms with Crippen molar-refractivity contribution in [3.8, 4) is 0 Å². The molecule has 1 aliphatic rings. The Morgan fingerprint density at radius 3 is 2.78 bits per heavy atom. The molecule has 1 atom stereocenters. The summed E-state index contributed by atoms with van der Waals surface area (Å²) in [6, 6.07) is 8.40. The summed E-state index contributed by atoms with van der Waals surface area (Å²) in [5, 5.41) is 0. The molecule has 0 bridgehead atoms. The van der Waals surface area contributed by atoms with Crippen LogP contribution in [0.5, 0.6) is 0 Å². The number of nitrogen functional groups attached to an aromatic ring is 1. The van der Waals surface area contributed by atoms with E-state index in [-0.39, 0.29) is 24.8 Å². The van der Waals surface area contributed by atoms with E-state index in [9.17, 15) is 0 Å². The van der Waals surface area contributed by atoms with E-state index in [0.29, 0.717) is 5.92 Å². The number of halogens is 2. The van der Waals surface area contributed by atoms with Crippen LogP contribution in [0.15, 0.2) is 24.3 Å². The number of rotatable bonds is 3. The molecule has 1 fully saturated rings. The maximum absolute atomic E-state index is 5.84. The number of nitrogens with two attached hydrogens (primary N) is 1. The molecule has 2 N–H and O–H groups in total. The minimum Gasteiger partial charge on any atom is -0.399 e. The molecule has 0 spiro atoms. The first-order chi connectivity index (χ1) is 7.79. The van der Waals surface area contributed by atoms with Crippen LogP contribution < -0.4 is 5.73 Å². The standard InChI is InChI=1S/C14H22N2.2ClH/c1-2-8-16-9-4-6-13(11-16)12-5-3-7-14(15)10-12;;/h3,5,7,10,13H,2,4,6,8-9,11,15H2,1H3;2*1H/t13-;;/m1../s1. The maximum atomic E-state index is 5.84. The Hall–Kier alpha value is -0.440. The van der Waals surface area contributed by atoms with Crippen LogP contribution in [-0.4, -0.2) is 24.5 Å². The van der Waals surface area contributed by atoms with Crippen molar-refractivity contribution in [3.05, 3.63) is 29.8 Å². The second-order valence-electron chi connectivity index (χ2n) is 4.81. The van der Waals surface area contributed by atoms with Gasteiger partial charge in [-0.05, 0) is 56.0 Å². The lowest BCUT2D eigenvalue weighted by molar-refractivity contribution is 0.208. The summed E-state index contributed by atoms with van der Waals surface area (Å²) >= 11 is 0. The van der Waals surface area contributed by atoms with Crippen molar-refractivity contribution in [2.75, 3.05) is 25.4 Å².